The Kier molecular flexibility index (Phi) is 3.15. The Morgan fingerprint density at radius 2 is 1.75 bits per heavy atom. The van der Waals surface area contributed by atoms with E-state index in [2.05, 4.69) is 44.2 Å². The molecule has 100 valence electrons. The highest BCUT2D eigenvalue weighted by Crippen LogP contribution is 2.30. The Balaban J connectivity index is 2.24. The quantitative estimate of drug-likeness (QED) is 0.745. The van der Waals surface area contributed by atoms with Crippen molar-refractivity contribution in [2.45, 2.75) is 20.3 Å². The molecule has 0 unspecified atom stereocenters. The Bertz CT molecular complexity index is 761. The van der Waals surface area contributed by atoms with Gasteiger partial charge in [-0.05, 0) is 42.2 Å². The van der Waals surface area contributed by atoms with E-state index in [1.54, 1.807) is 0 Å². The standard InChI is InChI=1S/C18H18N2/c1-3-16-12(2)18(19)15-11-14(9-10-17(15)20-16)13-7-5-4-6-8-13/h4-11H,3H2,1-2H3,(H2,19,20). The first-order valence-electron chi connectivity index (χ1n) is 6.95. The van der Waals surface area contributed by atoms with Crippen molar-refractivity contribution in [3.63, 3.8) is 0 Å². The fourth-order valence-electron chi connectivity index (χ4n) is 2.59. The Morgan fingerprint density at radius 3 is 2.45 bits per heavy atom. The van der Waals surface area contributed by atoms with Crippen LogP contribution in [0.3, 0.4) is 0 Å². The molecule has 0 aliphatic rings. The van der Waals surface area contributed by atoms with Crippen LogP contribution in [0.1, 0.15) is 18.2 Å². The molecule has 0 aliphatic heterocycles. The molecule has 0 saturated carbocycles. The molecule has 0 amide bonds. The number of nitrogens with zero attached hydrogens (tertiary/aromatic N) is 1. The summed E-state index contributed by atoms with van der Waals surface area (Å²) >= 11 is 0. The van der Waals surface area contributed by atoms with Crippen molar-refractivity contribution in [1.82, 2.24) is 4.98 Å². The third-order valence-electron chi connectivity index (χ3n) is 3.82. The van der Waals surface area contributed by atoms with Crippen molar-refractivity contribution in [3.8, 4) is 11.1 Å². The summed E-state index contributed by atoms with van der Waals surface area (Å²) < 4.78 is 0. The van der Waals surface area contributed by atoms with Crippen LogP contribution in [0.15, 0.2) is 48.5 Å². The molecule has 1 heterocycles. The number of pyridine rings is 1. The second-order valence-corrected chi connectivity index (χ2v) is 5.05. The van der Waals surface area contributed by atoms with Gasteiger partial charge in [-0.2, -0.15) is 0 Å². The minimum atomic E-state index is 0.852. The van der Waals surface area contributed by atoms with E-state index < -0.39 is 0 Å². The van der Waals surface area contributed by atoms with Gasteiger partial charge in [-0.15, -0.1) is 0 Å². The van der Waals surface area contributed by atoms with Gasteiger partial charge in [0.25, 0.3) is 0 Å². The van der Waals surface area contributed by atoms with E-state index in [1.807, 2.05) is 18.2 Å². The number of fused-ring (bicyclic) bond motifs is 1. The fraction of sp³-hybridized carbons (Fsp3) is 0.167. The molecule has 2 N–H and O–H groups in total. The van der Waals surface area contributed by atoms with Gasteiger partial charge in [0.05, 0.1) is 5.52 Å². The van der Waals surface area contributed by atoms with Gasteiger partial charge < -0.3 is 5.73 Å². The summed E-state index contributed by atoms with van der Waals surface area (Å²) in [6, 6.07) is 16.7. The van der Waals surface area contributed by atoms with Gasteiger partial charge in [0.2, 0.25) is 0 Å². The van der Waals surface area contributed by atoms with Crippen molar-refractivity contribution < 1.29 is 0 Å². The maximum Gasteiger partial charge on any atom is 0.0726 e. The fourth-order valence-corrected chi connectivity index (χ4v) is 2.59. The maximum absolute atomic E-state index is 6.30. The molecule has 2 aromatic carbocycles. The van der Waals surface area contributed by atoms with Crippen molar-refractivity contribution in [3.05, 3.63) is 59.8 Å². The molecule has 2 nitrogen and oxygen atoms in total. The zero-order valence-corrected chi connectivity index (χ0v) is 11.9. The van der Waals surface area contributed by atoms with Crippen molar-refractivity contribution in [1.29, 1.82) is 0 Å². The molecule has 1 aromatic heterocycles. The lowest BCUT2D eigenvalue weighted by Gasteiger charge is -2.11. The van der Waals surface area contributed by atoms with Gasteiger partial charge in [-0.3, -0.25) is 4.98 Å². The van der Waals surface area contributed by atoms with Crippen LogP contribution in [0.5, 0.6) is 0 Å². The van der Waals surface area contributed by atoms with Crippen molar-refractivity contribution >= 4 is 16.6 Å². The lowest BCUT2D eigenvalue weighted by atomic mass is 10.00. The largest absolute Gasteiger partial charge is 0.398 e. The first kappa shape index (κ1) is 12.7. The van der Waals surface area contributed by atoms with Gasteiger partial charge in [-0.25, -0.2) is 0 Å². The van der Waals surface area contributed by atoms with Crippen LogP contribution in [0.25, 0.3) is 22.0 Å². The normalized spacial score (nSPS) is 10.9. The second-order valence-electron chi connectivity index (χ2n) is 5.05. The minimum Gasteiger partial charge on any atom is -0.398 e. The predicted octanol–water partition coefficient (Wildman–Crippen LogP) is 4.35. The number of aromatic nitrogens is 1. The van der Waals surface area contributed by atoms with Crippen molar-refractivity contribution in [2.75, 3.05) is 5.73 Å². The van der Waals surface area contributed by atoms with E-state index in [4.69, 9.17) is 10.7 Å². The molecule has 0 atom stereocenters. The topological polar surface area (TPSA) is 38.9 Å². The molecule has 0 saturated heterocycles. The second kappa shape index (κ2) is 4.97. The molecule has 0 aliphatic carbocycles. The first-order chi connectivity index (χ1) is 9.70. The monoisotopic (exact) mass is 262 g/mol. The summed E-state index contributed by atoms with van der Waals surface area (Å²) in [5, 5.41) is 1.04. The third kappa shape index (κ3) is 2.03. The average Bonchev–Trinajstić information content (AvgIpc) is 2.51. The molecule has 0 radical (unpaired) electrons. The molecule has 20 heavy (non-hydrogen) atoms. The highest BCUT2D eigenvalue weighted by atomic mass is 14.7. The summed E-state index contributed by atoms with van der Waals surface area (Å²) in [5.74, 6) is 0. The molecular weight excluding hydrogens is 244 g/mol. The van der Waals surface area contributed by atoms with Crippen LogP contribution in [-0.4, -0.2) is 4.98 Å². The Labute approximate surface area is 119 Å². The molecule has 2 heteroatoms. The zero-order chi connectivity index (χ0) is 14.1. The summed E-state index contributed by atoms with van der Waals surface area (Å²) in [6.45, 7) is 4.16. The molecule has 0 bridgehead atoms. The minimum absolute atomic E-state index is 0.852. The third-order valence-corrected chi connectivity index (χ3v) is 3.82. The number of nitrogen functional groups attached to an aromatic ring is 1. The van der Waals surface area contributed by atoms with E-state index in [0.29, 0.717) is 0 Å². The lowest BCUT2D eigenvalue weighted by Crippen LogP contribution is -2.00. The van der Waals surface area contributed by atoms with Gasteiger partial charge in [0.1, 0.15) is 0 Å². The van der Waals surface area contributed by atoms with Gasteiger partial charge in [0.15, 0.2) is 0 Å². The van der Waals surface area contributed by atoms with E-state index >= 15 is 0 Å². The number of nitrogens with two attached hydrogens (primary N) is 1. The lowest BCUT2D eigenvalue weighted by molar-refractivity contribution is 1.03. The summed E-state index contributed by atoms with van der Waals surface area (Å²) in [7, 11) is 0. The number of hydrogen-bond donors (Lipinski definition) is 1. The van der Waals surface area contributed by atoms with Crippen LogP contribution >= 0.6 is 0 Å². The first-order valence-corrected chi connectivity index (χ1v) is 6.95. The predicted molar refractivity (Wildman–Crippen MR) is 85.7 cm³/mol. The van der Waals surface area contributed by atoms with Gasteiger partial charge >= 0.3 is 0 Å². The molecule has 3 aromatic rings. The van der Waals surface area contributed by atoms with Crippen LogP contribution in [0.2, 0.25) is 0 Å². The number of anilines is 1. The maximum atomic E-state index is 6.30. The summed E-state index contributed by atoms with van der Waals surface area (Å²) in [6.07, 6.45) is 0.909. The SMILES string of the molecule is CCc1nc2ccc(-c3ccccc3)cc2c(N)c1C. The molecule has 0 fully saturated rings. The van der Waals surface area contributed by atoms with Gasteiger partial charge in [0, 0.05) is 16.8 Å². The summed E-state index contributed by atoms with van der Waals surface area (Å²) in [4.78, 5) is 4.71. The Hall–Kier alpha value is -2.35. The zero-order valence-electron chi connectivity index (χ0n) is 11.9. The van der Waals surface area contributed by atoms with E-state index in [1.165, 1.54) is 11.1 Å². The van der Waals surface area contributed by atoms with Crippen LogP contribution in [0.4, 0.5) is 5.69 Å². The average molecular weight is 262 g/mol. The number of hydrogen-bond acceptors (Lipinski definition) is 2. The highest BCUT2D eigenvalue weighted by Gasteiger charge is 2.09. The van der Waals surface area contributed by atoms with Crippen molar-refractivity contribution in [2.24, 2.45) is 0 Å². The molecule has 0 spiro atoms. The van der Waals surface area contributed by atoms with Gasteiger partial charge in [-0.1, -0.05) is 43.3 Å². The molecule has 3 rings (SSSR count). The molecular formula is C18H18N2. The smallest absolute Gasteiger partial charge is 0.0726 e. The Morgan fingerprint density at radius 1 is 1.00 bits per heavy atom. The number of aryl methyl sites for hydroxylation is 1. The highest BCUT2D eigenvalue weighted by molar-refractivity contribution is 5.95. The van der Waals surface area contributed by atoms with E-state index in [0.717, 1.165) is 34.3 Å². The van der Waals surface area contributed by atoms with E-state index in [9.17, 15) is 0 Å². The van der Waals surface area contributed by atoms with Crippen LogP contribution in [-0.2, 0) is 6.42 Å². The van der Waals surface area contributed by atoms with E-state index in [-0.39, 0.29) is 0 Å². The van der Waals surface area contributed by atoms with Crippen LogP contribution in [0, 0.1) is 6.92 Å². The summed E-state index contributed by atoms with van der Waals surface area (Å²) in [5.41, 5.74) is 12.7. The number of benzene rings is 2. The number of rotatable bonds is 2. The van der Waals surface area contributed by atoms with Crippen LogP contribution < -0.4 is 5.73 Å².